The van der Waals surface area contributed by atoms with Crippen LogP contribution in [0.5, 0.6) is 0 Å². The summed E-state index contributed by atoms with van der Waals surface area (Å²) >= 11 is 3.54. The first-order valence-electron chi connectivity index (χ1n) is 14.1. The van der Waals surface area contributed by atoms with E-state index in [1.54, 1.807) is 0 Å². The van der Waals surface area contributed by atoms with Gasteiger partial charge in [-0.15, -0.1) is 0 Å². The number of aldehydes is 1. The number of carbonyl (C=O) groups excluding carboxylic acids is 1. The first-order chi connectivity index (χ1) is 21.2. The quantitative estimate of drug-likeness (QED) is 0.119. The SMILES string of the molecule is O=Cc1ccc(N(c2ccc(Br)cc2)c2ccc(/C=C/c3ccc(N(c4ccccc4)c4ccccc4)cc3)cc2)cc1. The molecule has 6 aromatic carbocycles. The Morgan fingerprint density at radius 3 is 1.02 bits per heavy atom. The van der Waals surface area contributed by atoms with Crippen LogP contribution in [0.4, 0.5) is 34.1 Å². The fraction of sp³-hybridized carbons (Fsp3) is 0. The maximum atomic E-state index is 11.2. The lowest BCUT2D eigenvalue weighted by atomic mass is 10.1. The molecule has 0 N–H and O–H groups in total. The number of hydrogen-bond donors (Lipinski definition) is 0. The Morgan fingerprint density at radius 2 is 0.674 bits per heavy atom. The predicted octanol–water partition coefficient (Wildman–Crippen LogP) is 11.4. The summed E-state index contributed by atoms with van der Waals surface area (Å²) in [6.45, 7) is 0. The van der Waals surface area contributed by atoms with Gasteiger partial charge < -0.3 is 9.80 Å². The van der Waals surface area contributed by atoms with Crippen molar-refractivity contribution in [1.82, 2.24) is 0 Å². The van der Waals surface area contributed by atoms with Crippen molar-refractivity contribution in [2.75, 3.05) is 9.80 Å². The molecule has 0 atom stereocenters. The highest BCUT2D eigenvalue weighted by Gasteiger charge is 2.13. The molecule has 0 saturated heterocycles. The standard InChI is InChI=1S/C39H29BrN2O/c40-33-19-27-39(28-20-33)42(38-25-17-32(29-43)18-26-38)37-23-15-31(16-24-37)12-11-30-13-21-36(22-14-30)41(34-7-3-1-4-8-34)35-9-5-2-6-10-35/h1-29H/b12-11+. The average molecular weight is 622 g/mol. The summed E-state index contributed by atoms with van der Waals surface area (Å²) in [5.41, 5.74) is 9.28. The number of halogens is 1. The van der Waals surface area contributed by atoms with Gasteiger partial charge in [0, 0.05) is 44.2 Å². The van der Waals surface area contributed by atoms with Crippen LogP contribution in [-0.4, -0.2) is 6.29 Å². The van der Waals surface area contributed by atoms with Crippen molar-refractivity contribution in [2.24, 2.45) is 0 Å². The number of para-hydroxylation sites is 2. The van der Waals surface area contributed by atoms with E-state index in [1.165, 1.54) is 0 Å². The van der Waals surface area contributed by atoms with Crippen LogP contribution in [0.1, 0.15) is 21.5 Å². The van der Waals surface area contributed by atoms with Gasteiger partial charge in [0.15, 0.2) is 0 Å². The number of anilines is 6. The maximum absolute atomic E-state index is 11.2. The topological polar surface area (TPSA) is 23.6 Å². The van der Waals surface area contributed by atoms with E-state index >= 15 is 0 Å². The van der Waals surface area contributed by atoms with Gasteiger partial charge in [-0.3, -0.25) is 4.79 Å². The van der Waals surface area contributed by atoms with E-state index in [9.17, 15) is 4.79 Å². The van der Waals surface area contributed by atoms with Gasteiger partial charge in [-0.25, -0.2) is 0 Å². The van der Waals surface area contributed by atoms with E-state index in [0.717, 1.165) is 56.0 Å². The molecule has 208 valence electrons. The van der Waals surface area contributed by atoms with E-state index in [2.05, 4.69) is 147 Å². The van der Waals surface area contributed by atoms with Crippen LogP contribution in [0.2, 0.25) is 0 Å². The second-order valence-electron chi connectivity index (χ2n) is 10.0. The molecule has 0 aliphatic rings. The molecule has 0 aromatic heterocycles. The largest absolute Gasteiger partial charge is 0.311 e. The Hall–Kier alpha value is -5.19. The third kappa shape index (κ3) is 6.66. The minimum atomic E-state index is 0.654. The first kappa shape index (κ1) is 28.0. The van der Waals surface area contributed by atoms with Crippen molar-refractivity contribution in [3.05, 3.63) is 179 Å². The number of nitrogens with zero attached hydrogens (tertiary/aromatic N) is 2. The molecule has 0 fully saturated rings. The fourth-order valence-electron chi connectivity index (χ4n) is 5.00. The molecule has 43 heavy (non-hydrogen) atoms. The van der Waals surface area contributed by atoms with E-state index in [-0.39, 0.29) is 0 Å². The monoisotopic (exact) mass is 620 g/mol. The second-order valence-corrected chi connectivity index (χ2v) is 11.0. The minimum Gasteiger partial charge on any atom is -0.311 e. The fourth-order valence-corrected chi connectivity index (χ4v) is 5.27. The molecule has 0 aliphatic heterocycles. The number of hydrogen-bond acceptors (Lipinski definition) is 3. The summed E-state index contributed by atoms with van der Waals surface area (Å²) in [5.74, 6) is 0. The molecule has 0 saturated carbocycles. The Kier molecular flexibility index (Phi) is 8.58. The molecule has 3 nitrogen and oxygen atoms in total. The summed E-state index contributed by atoms with van der Waals surface area (Å²) in [6.07, 6.45) is 5.14. The molecule has 6 rings (SSSR count). The number of benzene rings is 6. The Morgan fingerprint density at radius 1 is 0.372 bits per heavy atom. The van der Waals surface area contributed by atoms with Gasteiger partial charge in [0.1, 0.15) is 6.29 Å². The molecule has 0 aliphatic carbocycles. The van der Waals surface area contributed by atoms with Gasteiger partial charge >= 0.3 is 0 Å². The summed E-state index contributed by atoms with van der Waals surface area (Å²) in [7, 11) is 0. The Labute approximate surface area is 261 Å². The molecule has 0 unspecified atom stereocenters. The van der Waals surface area contributed by atoms with Crippen LogP contribution in [0.25, 0.3) is 12.2 Å². The Balaban J connectivity index is 1.23. The minimum absolute atomic E-state index is 0.654. The first-order valence-corrected chi connectivity index (χ1v) is 14.9. The lowest BCUT2D eigenvalue weighted by molar-refractivity contribution is 0.112. The third-order valence-corrected chi connectivity index (χ3v) is 7.70. The molecular formula is C39H29BrN2O. The summed E-state index contributed by atoms with van der Waals surface area (Å²) in [6, 6.07) is 53.8. The molecular weight excluding hydrogens is 592 g/mol. The molecule has 4 heteroatoms. The summed E-state index contributed by atoms with van der Waals surface area (Å²) < 4.78 is 1.02. The van der Waals surface area contributed by atoms with Crippen molar-refractivity contribution in [3.63, 3.8) is 0 Å². The van der Waals surface area contributed by atoms with Crippen LogP contribution in [-0.2, 0) is 0 Å². The van der Waals surface area contributed by atoms with Crippen molar-refractivity contribution in [1.29, 1.82) is 0 Å². The highest BCUT2D eigenvalue weighted by molar-refractivity contribution is 9.10. The van der Waals surface area contributed by atoms with E-state index in [0.29, 0.717) is 5.56 Å². The van der Waals surface area contributed by atoms with Gasteiger partial charge in [0.2, 0.25) is 0 Å². The number of rotatable bonds is 9. The van der Waals surface area contributed by atoms with Crippen LogP contribution in [0, 0.1) is 0 Å². The Bertz CT molecular complexity index is 1760. The molecule has 0 heterocycles. The zero-order valence-corrected chi connectivity index (χ0v) is 25.0. The van der Waals surface area contributed by atoms with E-state index in [4.69, 9.17) is 0 Å². The predicted molar refractivity (Wildman–Crippen MR) is 184 cm³/mol. The van der Waals surface area contributed by atoms with Gasteiger partial charge in [-0.2, -0.15) is 0 Å². The van der Waals surface area contributed by atoms with E-state index < -0.39 is 0 Å². The van der Waals surface area contributed by atoms with Crippen LogP contribution in [0.15, 0.2) is 162 Å². The lowest BCUT2D eigenvalue weighted by Crippen LogP contribution is -2.09. The molecule has 0 amide bonds. The number of carbonyl (C=O) groups is 1. The summed E-state index contributed by atoms with van der Waals surface area (Å²) in [5, 5.41) is 0. The second kappa shape index (κ2) is 13.2. The average Bonchev–Trinajstić information content (AvgIpc) is 3.07. The molecule has 6 aromatic rings. The van der Waals surface area contributed by atoms with Crippen LogP contribution in [0.3, 0.4) is 0 Å². The molecule has 0 spiro atoms. The normalized spacial score (nSPS) is 10.9. The zero-order valence-electron chi connectivity index (χ0n) is 23.4. The summed E-state index contributed by atoms with van der Waals surface area (Å²) in [4.78, 5) is 15.6. The molecule has 0 radical (unpaired) electrons. The van der Waals surface area contributed by atoms with Gasteiger partial charge in [-0.05, 0) is 108 Å². The maximum Gasteiger partial charge on any atom is 0.150 e. The van der Waals surface area contributed by atoms with Crippen molar-refractivity contribution in [3.8, 4) is 0 Å². The smallest absolute Gasteiger partial charge is 0.150 e. The van der Waals surface area contributed by atoms with Crippen molar-refractivity contribution < 1.29 is 4.79 Å². The highest BCUT2D eigenvalue weighted by atomic mass is 79.9. The van der Waals surface area contributed by atoms with Crippen LogP contribution >= 0.6 is 15.9 Å². The van der Waals surface area contributed by atoms with E-state index in [1.807, 2.05) is 48.5 Å². The van der Waals surface area contributed by atoms with Crippen molar-refractivity contribution >= 4 is 68.5 Å². The zero-order chi connectivity index (χ0) is 29.4. The third-order valence-electron chi connectivity index (χ3n) is 7.17. The van der Waals surface area contributed by atoms with Gasteiger partial charge in [0.25, 0.3) is 0 Å². The van der Waals surface area contributed by atoms with Crippen LogP contribution < -0.4 is 9.80 Å². The van der Waals surface area contributed by atoms with Gasteiger partial charge in [-0.1, -0.05) is 88.7 Å². The highest BCUT2D eigenvalue weighted by Crippen LogP contribution is 2.36. The molecule has 0 bridgehead atoms. The van der Waals surface area contributed by atoms with Gasteiger partial charge in [0.05, 0.1) is 0 Å². The van der Waals surface area contributed by atoms with Crippen molar-refractivity contribution in [2.45, 2.75) is 0 Å². The lowest BCUT2D eigenvalue weighted by Gasteiger charge is -2.25.